The molecule has 1 fully saturated rings. The lowest BCUT2D eigenvalue weighted by molar-refractivity contribution is -0.121. The number of anilines is 1. The number of sulfonamides is 1. The highest BCUT2D eigenvalue weighted by atomic mass is 32.2. The molecule has 1 amide bonds. The van der Waals surface area contributed by atoms with Crippen molar-refractivity contribution >= 4 is 21.7 Å². The van der Waals surface area contributed by atoms with Crippen LogP contribution in [0, 0.1) is 0 Å². The average Bonchev–Trinajstić information content (AvgIpc) is 3.19. The Labute approximate surface area is 139 Å². The number of carbonyl (C=O) groups is 1. The van der Waals surface area contributed by atoms with Crippen LogP contribution >= 0.6 is 0 Å². The number of aryl methyl sites for hydroxylation is 1. The summed E-state index contributed by atoms with van der Waals surface area (Å²) in [5, 5.41) is 7.75. The van der Waals surface area contributed by atoms with Crippen molar-refractivity contribution in [2.75, 3.05) is 11.4 Å². The summed E-state index contributed by atoms with van der Waals surface area (Å²) >= 11 is 0. The Morgan fingerprint density at radius 2 is 2.25 bits per heavy atom. The van der Waals surface area contributed by atoms with E-state index in [4.69, 9.17) is 0 Å². The molecular weight excluding hydrogens is 334 g/mol. The van der Waals surface area contributed by atoms with Crippen LogP contribution < -0.4 is 9.62 Å². The van der Waals surface area contributed by atoms with Crippen molar-refractivity contribution in [1.82, 2.24) is 19.7 Å². The van der Waals surface area contributed by atoms with E-state index >= 15 is 0 Å². The summed E-state index contributed by atoms with van der Waals surface area (Å²) in [6.07, 6.45) is 4.11. The van der Waals surface area contributed by atoms with Crippen molar-refractivity contribution in [2.45, 2.75) is 38.1 Å². The standard InChI is InChI=1S/C14H19N5O4S/c1-2-19-13(5-7-15-19)18-8-3-4-12(14(18)20)17-24(21,22)10-11-6-9-23-16-11/h5-7,9,12,17H,2-4,8,10H2,1H3. The summed E-state index contributed by atoms with van der Waals surface area (Å²) in [7, 11) is -3.69. The fourth-order valence-corrected chi connectivity index (χ4v) is 4.05. The summed E-state index contributed by atoms with van der Waals surface area (Å²) in [6.45, 7) is 3.11. The minimum absolute atomic E-state index is 0.264. The fraction of sp³-hybridized carbons (Fsp3) is 0.500. The van der Waals surface area contributed by atoms with Crippen molar-refractivity contribution in [3.05, 3.63) is 30.3 Å². The molecular formula is C14H19N5O4S. The molecule has 1 unspecified atom stereocenters. The molecule has 1 saturated heterocycles. The third-order valence-electron chi connectivity index (χ3n) is 3.86. The Morgan fingerprint density at radius 3 is 2.96 bits per heavy atom. The topological polar surface area (TPSA) is 110 Å². The normalized spacial score (nSPS) is 19.0. The lowest BCUT2D eigenvalue weighted by Gasteiger charge is -2.32. The van der Waals surface area contributed by atoms with Crippen LogP contribution in [0.3, 0.4) is 0 Å². The second-order valence-corrected chi connectivity index (χ2v) is 7.31. The summed E-state index contributed by atoms with van der Waals surface area (Å²) in [4.78, 5) is 14.3. The minimum Gasteiger partial charge on any atom is -0.364 e. The van der Waals surface area contributed by atoms with Crippen molar-refractivity contribution in [3.63, 3.8) is 0 Å². The Hall–Kier alpha value is -2.20. The zero-order valence-corrected chi connectivity index (χ0v) is 14.1. The van der Waals surface area contributed by atoms with Gasteiger partial charge in [0.25, 0.3) is 0 Å². The molecule has 1 atom stereocenters. The van der Waals surface area contributed by atoms with E-state index < -0.39 is 16.1 Å². The average molecular weight is 353 g/mol. The molecule has 10 heteroatoms. The predicted octanol–water partition coefficient (Wildman–Crippen LogP) is 0.506. The summed E-state index contributed by atoms with van der Waals surface area (Å²) < 4.78 is 33.3. The molecule has 24 heavy (non-hydrogen) atoms. The van der Waals surface area contributed by atoms with Crippen LogP contribution in [0.25, 0.3) is 0 Å². The Bertz CT molecular complexity index is 799. The molecule has 0 saturated carbocycles. The quantitative estimate of drug-likeness (QED) is 0.810. The van der Waals surface area contributed by atoms with E-state index in [1.165, 1.54) is 12.3 Å². The number of hydrogen-bond donors (Lipinski definition) is 1. The van der Waals surface area contributed by atoms with Gasteiger partial charge in [-0.2, -0.15) is 5.10 Å². The molecule has 130 valence electrons. The molecule has 9 nitrogen and oxygen atoms in total. The summed E-state index contributed by atoms with van der Waals surface area (Å²) in [5.74, 6) is 0.100. The summed E-state index contributed by atoms with van der Waals surface area (Å²) in [5.41, 5.74) is 0.298. The van der Waals surface area contributed by atoms with E-state index in [1.807, 2.05) is 6.92 Å². The second kappa shape index (κ2) is 6.73. The van der Waals surface area contributed by atoms with E-state index in [9.17, 15) is 13.2 Å². The van der Waals surface area contributed by atoms with Crippen LogP contribution in [0.1, 0.15) is 25.5 Å². The maximum absolute atomic E-state index is 12.7. The highest BCUT2D eigenvalue weighted by molar-refractivity contribution is 7.88. The highest BCUT2D eigenvalue weighted by Gasteiger charge is 2.34. The van der Waals surface area contributed by atoms with Gasteiger partial charge in [-0.1, -0.05) is 5.16 Å². The van der Waals surface area contributed by atoms with Crippen molar-refractivity contribution in [3.8, 4) is 0 Å². The lowest BCUT2D eigenvalue weighted by Crippen LogP contribution is -2.53. The van der Waals surface area contributed by atoms with E-state index in [-0.39, 0.29) is 11.7 Å². The molecule has 0 aromatic carbocycles. The van der Waals surface area contributed by atoms with Gasteiger partial charge in [0.15, 0.2) is 0 Å². The van der Waals surface area contributed by atoms with E-state index in [1.54, 1.807) is 21.8 Å². The molecule has 1 N–H and O–H groups in total. The second-order valence-electron chi connectivity index (χ2n) is 5.56. The van der Waals surface area contributed by atoms with Gasteiger partial charge in [-0.25, -0.2) is 17.8 Å². The molecule has 2 aromatic rings. The van der Waals surface area contributed by atoms with Gasteiger partial charge < -0.3 is 4.52 Å². The maximum Gasteiger partial charge on any atom is 0.246 e. The number of hydrogen-bond acceptors (Lipinski definition) is 6. The molecule has 2 aromatic heterocycles. The molecule has 0 bridgehead atoms. The third-order valence-corrected chi connectivity index (χ3v) is 5.18. The van der Waals surface area contributed by atoms with Crippen LogP contribution in [-0.4, -0.2) is 41.8 Å². The molecule has 3 heterocycles. The monoisotopic (exact) mass is 353 g/mol. The first-order valence-electron chi connectivity index (χ1n) is 7.72. The zero-order valence-electron chi connectivity index (χ0n) is 13.3. The molecule has 1 aliphatic rings. The van der Waals surface area contributed by atoms with Crippen LogP contribution in [0.5, 0.6) is 0 Å². The number of amides is 1. The van der Waals surface area contributed by atoms with E-state index in [0.717, 1.165) is 0 Å². The SMILES string of the molecule is CCn1nccc1N1CCCC(NS(=O)(=O)Cc2ccon2)C1=O. The van der Waals surface area contributed by atoms with Gasteiger partial charge in [-0.15, -0.1) is 0 Å². The van der Waals surface area contributed by atoms with Gasteiger partial charge in [0.1, 0.15) is 23.9 Å². The van der Waals surface area contributed by atoms with Crippen molar-refractivity contribution in [1.29, 1.82) is 0 Å². The molecule has 0 aliphatic carbocycles. The van der Waals surface area contributed by atoms with Crippen LogP contribution in [0.4, 0.5) is 5.82 Å². The third kappa shape index (κ3) is 3.49. The largest absolute Gasteiger partial charge is 0.364 e. The van der Waals surface area contributed by atoms with Gasteiger partial charge in [0, 0.05) is 25.2 Å². The predicted molar refractivity (Wildman–Crippen MR) is 85.5 cm³/mol. The number of nitrogens with one attached hydrogen (secondary N) is 1. The smallest absolute Gasteiger partial charge is 0.246 e. The number of carbonyl (C=O) groups excluding carboxylic acids is 1. The minimum atomic E-state index is -3.69. The molecule has 0 spiro atoms. The van der Waals surface area contributed by atoms with Crippen molar-refractivity contribution in [2.24, 2.45) is 0 Å². The van der Waals surface area contributed by atoms with Gasteiger partial charge in [0.05, 0.1) is 11.9 Å². The first-order valence-corrected chi connectivity index (χ1v) is 9.38. The Balaban J connectivity index is 1.73. The van der Waals surface area contributed by atoms with Gasteiger partial charge in [0.2, 0.25) is 15.9 Å². The molecule has 0 radical (unpaired) electrons. The van der Waals surface area contributed by atoms with Crippen LogP contribution in [0.2, 0.25) is 0 Å². The first kappa shape index (κ1) is 16.7. The Morgan fingerprint density at radius 1 is 1.42 bits per heavy atom. The van der Waals surface area contributed by atoms with Crippen molar-refractivity contribution < 1.29 is 17.7 Å². The van der Waals surface area contributed by atoms with Gasteiger partial charge >= 0.3 is 0 Å². The van der Waals surface area contributed by atoms with Gasteiger partial charge in [-0.3, -0.25) is 9.69 Å². The van der Waals surface area contributed by atoms with Gasteiger partial charge in [-0.05, 0) is 19.8 Å². The zero-order chi connectivity index (χ0) is 17.2. The molecule has 1 aliphatic heterocycles. The van der Waals surface area contributed by atoms with E-state index in [2.05, 4.69) is 19.5 Å². The molecule has 3 rings (SSSR count). The number of nitrogens with zero attached hydrogens (tertiary/aromatic N) is 4. The number of piperidine rings is 1. The maximum atomic E-state index is 12.7. The lowest BCUT2D eigenvalue weighted by atomic mass is 10.1. The summed E-state index contributed by atoms with van der Waals surface area (Å²) in [6, 6.07) is 2.46. The van der Waals surface area contributed by atoms with Crippen LogP contribution in [-0.2, 0) is 27.1 Å². The van der Waals surface area contributed by atoms with Crippen LogP contribution in [0.15, 0.2) is 29.1 Å². The fourth-order valence-electron chi connectivity index (χ4n) is 2.78. The van der Waals surface area contributed by atoms with E-state index in [0.29, 0.717) is 37.4 Å². The highest BCUT2D eigenvalue weighted by Crippen LogP contribution is 2.21. The first-order chi connectivity index (χ1) is 11.5. The number of rotatable bonds is 6. The number of aromatic nitrogens is 3. The Kier molecular flexibility index (Phi) is 4.67.